The Morgan fingerprint density at radius 3 is 2.71 bits per heavy atom. The van der Waals surface area contributed by atoms with E-state index in [2.05, 4.69) is 6.07 Å². The Morgan fingerprint density at radius 2 is 2.18 bits per heavy atom. The molecule has 0 aliphatic carbocycles. The smallest absolute Gasteiger partial charge is 0.101 e. The van der Waals surface area contributed by atoms with Crippen LogP contribution in [0.5, 0.6) is 0 Å². The van der Waals surface area contributed by atoms with Crippen molar-refractivity contribution in [2.24, 2.45) is 0 Å². The fourth-order valence-electron chi connectivity index (χ4n) is 1.60. The second-order valence-electron chi connectivity index (χ2n) is 4.18. The maximum atomic E-state index is 9.23. The highest BCUT2D eigenvalue weighted by molar-refractivity contribution is 5.60. The first-order valence-electron chi connectivity index (χ1n) is 5.61. The molecule has 0 saturated carbocycles. The van der Waals surface area contributed by atoms with Gasteiger partial charge in [0, 0.05) is 13.6 Å². The van der Waals surface area contributed by atoms with Crippen molar-refractivity contribution in [1.82, 2.24) is 0 Å². The van der Waals surface area contributed by atoms with Gasteiger partial charge in [0.05, 0.1) is 24.0 Å². The first kappa shape index (κ1) is 13.5. The molecule has 1 atom stereocenters. The van der Waals surface area contributed by atoms with Gasteiger partial charge in [0.25, 0.3) is 0 Å². The van der Waals surface area contributed by atoms with Crippen LogP contribution in [0.4, 0.5) is 5.69 Å². The Kier molecular flexibility index (Phi) is 4.95. The van der Waals surface area contributed by atoms with Crippen LogP contribution in [-0.2, 0) is 6.61 Å². The van der Waals surface area contributed by atoms with E-state index >= 15 is 0 Å². The van der Waals surface area contributed by atoms with Crippen LogP contribution in [0.1, 0.15) is 24.5 Å². The number of aliphatic hydroxyl groups excluding tert-OH is 2. The summed E-state index contributed by atoms with van der Waals surface area (Å²) in [6.45, 7) is 2.37. The van der Waals surface area contributed by atoms with Crippen LogP contribution in [0.25, 0.3) is 0 Å². The van der Waals surface area contributed by atoms with Crippen LogP contribution in [0.3, 0.4) is 0 Å². The molecule has 0 radical (unpaired) electrons. The molecule has 0 aromatic heterocycles. The average Bonchev–Trinajstić information content (AvgIpc) is 2.34. The number of hydrogen-bond donors (Lipinski definition) is 2. The molecule has 0 amide bonds. The van der Waals surface area contributed by atoms with Gasteiger partial charge in [0.15, 0.2) is 0 Å². The lowest BCUT2D eigenvalue weighted by atomic mass is 10.1. The Balaban J connectivity index is 2.86. The number of aliphatic hydroxyl groups is 2. The molecule has 1 rings (SSSR count). The topological polar surface area (TPSA) is 67.5 Å². The number of nitrogens with zero attached hydrogens (tertiary/aromatic N) is 2. The highest BCUT2D eigenvalue weighted by atomic mass is 16.3. The summed E-state index contributed by atoms with van der Waals surface area (Å²) in [5, 5.41) is 27.3. The first-order valence-corrected chi connectivity index (χ1v) is 5.61. The first-order chi connectivity index (χ1) is 8.08. The molecule has 0 aliphatic rings. The van der Waals surface area contributed by atoms with Crippen molar-refractivity contribution in [3.8, 4) is 6.07 Å². The van der Waals surface area contributed by atoms with E-state index in [0.29, 0.717) is 18.5 Å². The van der Waals surface area contributed by atoms with Crippen LogP contribution in [0.2, 0.25) is 0 Å². The van der Waals surface area contributed by atoms with Crippen LogP contribution < -0.4 is 4.90 Å². The zero-order chi connectivity index (χ0) is 12.8. The van der Waals surface area contributed by atoms with Crippen LogP contribution in [0.15, 0.2) is 18.2 Å². The number of nitriles is 1. The van der Waals surface area contributed by atoms with Gasteiger partial charge in [-0.05, 0) is 31.0 Å². The number of anilines is 1. The lowest BCUT2D eigenvalue weighted by Crippen LogP contribution is -2.22. The Bertz CT molecular complexity index is 410. The number of benzene rings is 1. The predicted molar refractivity (Wildman–Crippen MR) is 66.6 cm³/mol. The van der Waals surface area contributed by atoms with E-state index in [4.69, 9.17) is 10.4 Å². The summed E-state index contributed by atoms with van der Waals surface area (Å²) in [5.74, 6) is 0. The quantitative estimate of drug-likeness (QED) is 0.804. The van der Waals surface area contributed by atoms with Gasteiger partial charge in [0.2, 0.25) is 0 Å². The second kappa shape index (κ2) is 6.24. The lowest BCUT2D eigenvalue weighted by molar-refractivity contribution is 0.187. The molecule has 1 aromatic carbocycles. The van der Waals surface area contributed by atoms with E-state index in [9.17, 15) is 5.11 Å². The van der Waals surface area contributed by atoms with Gasteiger partial charge in [-0.2, -0.15) is 5.26 Å². The molecule has 1 unspecified atom stereocenters. The Morgan fingerprint density at radius 1 is 1.47 bits per heavy atom. The minimum Gasteiger partial charge on any atom is -0.393 e. The fourth-order valence-corrected chi connectivity index (χ4v) is 1.60. The molecule has 2 N–H and O–H groups in total. The van der Waals surface area contributed by atoms with Crippen LogP contribution in [-0.4, -0.2) is 29.9 Å². The molecular weight excluding hydrogens is 216 g/mol. The van der Waals surface area contributed by atoms with Crippen molar-refractivity contribution in [2.45, 2.75) is 26.1 Å². The van der Waals surface area contributed by atoms with Gasteiger partial charge in [-0.3, -0.25) is 0 Å². The molecule has 0 spiro atoms. The molecule has 92 valence electrons. The van der Waals surface area contributed by atoms with Crippen molar-refractivity contribution < 1.29 is 10.2 Å². The van der Waals surface area contributed by atoms with Crippen LogP contribution >= 0.6 is 0 Å². The Hall–Kier alpha value is -1.57. The summed E-state index contributed by atoms with van der Waals surface area (Å²) in [6.07, 6.45) is 0.308. The maximum absolute atomic E-state index is 9.23. The van der Waals surface area contributed by atoms with Crippen molar-refractivity contribution in [2.75, 3.05) is 18.5 Å². The summed E-state index contributed by atoms with van der Waals surface area (Å²) in [6, 6.07) is 7.44. The summed E-state index contributed by atoms with van der Waals surface area (Å²) in [5.41, 5.74) is 2.10. The molecule has 17 heavy (non-hydrogen) atoms. The normalized spacial score (nSPS) is 11.9. The third-order valence-electron chi connectivity index (χ3n) is 2.66. The SMILES string of the molecule is CC(O)CCN(C)c1ccc(CO)cc1C#N. The van der Waals surface area contributed by atoms with Crippen molar-refractivity contribution in [3.63, 3.8) is 0 Å². The average molecular weight is 234 g/mol. The highest BCUT2D eigenvalue weighted by Gasteiger charge is 2.09. The van der Waals surface area contributed by atoms with E-state index in [1.807, 2.05) is 18.0 Å². The summed E-state index contributed by atoms with van der Waals surface area (Å²) in [7, 11) is 1.89. The van der Waals surface area contributed by atoms with Crippen molar-refractivity contribution in [1.29, 1.82) is 5.26 Å². The van der Waals surface area contributed by atoms with Gasteiger partial charge in [0.1, 0.15) is 6.07 Å². The van der Waals surface area contributed by atoms with Gasteiger partial charge in [-0.25, -0.2) is 0 Å². The summed E-state index contributed by atoms with van der Waals surface area (Å²) < 4.78 is 0. The predicted octanol–water partition coefficient (Wildman–Crippen LogP) is 1.26. The minimum absolute atomic E-state index is 0.0631. The monoisotopic (exact) mass is 234 g/mol. The highest BCUT2D eigenvalue weighted by Crippen LogP contribution is 2.20. The fraction of sp³-hybridized carbons (Fsp3) is 0.462. The van der Waals surface area contributed by atoms with E-state index in [-0.39, 0.29) is 12.7 Å². The minimum atomic E-state index is -0.347. The van der Waals surface area contributed by atoms with E-state index in [0.717, 1.165) is 11.3 Å². The third-order valence-corrected chi connectivity index (χ3v) is 2.66. The van der Waals surface area contributed by atoms with Crippen LogP contribution in [0, 0.1) is 11.3 Å². The van der Waals surface area contributed by atoms with Gasteiger partial charge in [-0.15, -0.1) is 0 Å². The Labute approximate surface area is 102 Å². The lowest BCUT2D eigenvalue weighted by Gasteiger charge is -2.21. The van der Waals surface area contributed by atoms with Gasteiger partial charge < -0.3 is 15.1 Å². The largest absolute Gasteiger partial charge is 0.393 e. The van der Waals surface area contributed by atoms with E-state index < -0.39 is 0 Å². The molecule has 1 aromatic rings. The second-order valence-corrected chi connectivity index (χ2v) is 4.18. The standard InChI is InChI=1S/C13H18N2O2/c1-10(17)5-6-15(2)13-4-3-11(9-16)7-12(13)8-14/h3-4,7,10,16-17H,5-6,9H2,1-2H3. The zero-order valence-corrected chi connectivity index (χ0v) is 10.2. The third kappa shape index (κ3) is 3.74. The van der Waals surface area contributed by atoms with Gasteiger partial charge in [-0.1, -0.05) is 6.07 Å². The number of rotatable bonds is 5. The molecular formula is C13H18N2O2. The summed E-state index contributed by atoms with van der Waals surface area (Å²) in [4.78, 5) is 1.94. The van der Waals surface area contributed by atoms with E-state index in [1.165, 1.54) is 0 Å². The van der Waals surface area contributed by atoms with Gasteiger partial charge >= 0.3 is 0 Å². The summed E-state index contributed by atoms with van der Waals surface area (Å²) >= 11 is 0. The molecule has 4 heteroatoms. The van der Waals surface area contributed by atoms with Crippen molar-refractivity contribution in [3.05, 3.63) is 29.3 Å². The number of hydrogen-bond acceptors (Lipinski definition) is 4. The molecule has 0 bridgehead atoms. The molecule has 0 fully saturated rings. The van der Waals surface area contributed by atoms with Crippen molar-refractivity contribution >= 4 is 5.69 Å². The molecule has 4 nitrogen and oxygen atoms in total. The zero-order valence-electron chi connectivity index (χ0n) is 10.2. The molecule has 0 saturated heterocycles. The van der Waals surface area contributed by atoms with E-state index in [1.54, 1.807) is 19.1 Å². The molecule has 0 heterocycles. The molecule has 0 aliphatic heterocycles. The maximum Gasteiger partial charge on any atom is 0.101 e.